The highest BCUT2D eigenvalue weighted by Gasteiger charge is 2.33. The topological polar surface area (TPSA) is 74.4 Å². The second-order valence-electron chi connectivity index (χ2n) is 2.65. The van der Waals surface area contributed by atoms with E-state index < -0.39 is 23.8 Å². The number of esters is 1. The van der Waals surface area contributed by atoms with Crippen LogP contribution in [0.3, 0.4) is 0 Å². The molecule has 0 aliphatic heterocycles. The number of carbonyl (C=O) groups is 1. The van der Waals surface area contributed by atoms with Crippen LogP contribution in [0.1, 0.15) is 10.5 Å². The third-order valence-electron chi connectivity index (χ3n) is 1.48. The smallest absolute Gasteiger partial charge is 0.464 e. The monoisotopic (exact) mass is 236 g/mol. The lowest BCUT2D eigenvalue weighted by atomic mass is 10.3. The van der Waals surface area contributed by atoms with Crippen molar-refractivity contribution in [3.8, 4) is 5.75 Å². The van der Waals surface area contributed by atoms with Crippen molar-refractivity contribution in [3.63, 3.8) is 0 Å². The van der Waals surface area contributed by atoms with E-state index in [9.17, 15) is 18.0 Å². The first-order chi connectivity index (χ1) is 7.33. The molecule has 1 rings (SSSR count). The van der Waals surface area contributed by atoms with E-state index in [0.717, 1.165) is 19.4 Å². The van der Waals surface area contributed by atoms with Crippen molar-refractivity contribution in [2.45, 2.75) is 6.36 Å². The summed E-state index contributed by atoms with van der Waals surface area (Å²) in [4.78, 5) is 14.5. The van der Waals surface area contributed by atoms with Gasteiger partial charge in [0.15, 0.2) is 11.4 Å². The third kappa shape index (κ3) is 3.01. The fourth-order valence-electron chi connectivity index (χ4n) is 0.912. The number of nitrogens with two attached hydrogens (primary N) is 1. The molecule has 8 heteroatoms. The Kier molecular flexibility index (Phi) is 3.21. The number of methoxy groups -OCH3 is 1. The molecule has 0 saturated heterocycles. The Hall–Kier alpha value is -1.99. The number of hydrogen-bond donors (Lipinski definition) is 1. The van der Waals surface area contributed by atoms with Crippen LogP contribution in [0.25, 0.3) is 0 Å². The van der Waals surface area contributed by atoms with Crippen LogP contribution in [0.4, 0.5) is 18.9 Å². The first kappa shape index (κ1) is 12.1. The zero-order chi connectivity index (χ0) is 12.3. The summed E-state index contributed by atoms with van der Waals surface area (Å²) in [6.07, 6.45) is -3.91. The number of rotatable bonds is 2. The minimum atomic E-state index is -4.93. The van der Waals surface area contributed by atoms with Crippen molar-refractivity contribution in [3.05, 3.63) is 18.0 Å². The molecule has 0 amide bonds. The lowest BCUT2D eigenvalue weighted by molar-refractivity contribution is -0.274. The standard InChI is InChI=1S/C8H7F3N2O3/c1-15-7(14)6-5(16-8(9,10)11)2-4(12)3-13-6/h2-3H,12H2,1H3. The first-order valence-corrected chi connectivity index (χ1v) is 3.93. The number of alkyl halides is 3. The highest BCUT2D eigenvalue weighted by atomic mass is 19.4. The minimum Gasteiger partial charge on any atom is -0.464 e. The minimum absolute atomic E-state index is 0.0631. The maximum absolute atomic E-state index is 12.0. The maximum Gasteiger partial charge on any atom is 0.573 e. The predicted octanol–water partition coefficient (Wildman–Crippen LogP) is 1.35. The quantitative estimate of drug-likeness (QED) is 0.784. The molecule has 0 saturated carbocycles. The zero-order valence-corrected chi connectivity index (χ0v) is 8.04. The Morgan fingerprint density at radius 2 is 2.12 bits per heavy atom. The molecule has 0 radical (unpaired) electrons. The lowest BCUT2D eigenvalue weighted by Crippen LogP contribution is -2.20. The van der Waals surface area contributed by atoms with E-state index in [1.165, 1.54) is 0 Å². The number of halogens is 3. The summed E-state index contributed by atoms with van der Waals surface area (Å²) in [5.41, 5.74) is 4.57. The summed E-state index contributed by atoms with van der Waals surface area (Å²) in [6.45, 7) is 0. The average Bonchev–Trinajstić information content (AvgIpc) is 2.14. The van der Waals surface area contributed by atoms with Gasteiger partial charge in [0.1, 0.15) is 0 Å². The van der Waals surface area contributed by atoms with Crippen molar-refractivity contribution in [1.29, 1.82) is 0 Å². The van der Waals surface area contributed by atoms with Gasteiger partial charge >= 0.3 is 12.3 Å². The zero-order valence-electron chi connectivity index (χ0n) is 8.04. The molecule has 16 heavy (non-hydrogen) atoms. The van der Waals surface area contributed by atoms with E-state index in [1.54, 1.807) is 0 Å². The summed E-state index contributed by atoms with van der Waals surface area (Å²) in [5, 5.41) is 0. The van der Waals surface area contributed by atoms with E-state index in [2.05, 4.69) is 14.5 Å². The summed E-state index contributed by atoms with van der Waals surface area (Å²) >= 11 is 0. The van der Waals surface area contributed by atoms with Gasteiger partial charge in [0.05, 0.1) is 19.0 Å². The Bertz CT molecular complexity index is 406. The summed E-state index contributed by atoms with van der Waals surface area (Å²) < 4.78 is 43.8. The first-order valence-electron chi connectivity index (χ1n) is 3.93. The highest BCUT2D eigenvalue weighted by Crippen LogP contribution is 2.27. The van der Waals surface area contributed by atoms with Crippen LogP contribution in [0.5, 0.6) is 5.75 Å². The number of nitrogen functional groups attached to an aromatic ring is 1. The summed E-state index contributed by atoms with van der Waals surface area (Å²) in [5.74, 6) is -1.83. The van der Waals surface area contributed by atoms with Gasteiger partial charge < -0.3 is 15.2 Å². The van der Waals surface area contributed by atoms with Crippen molar-refractivity contribution >= 4 is 11.7 Å². The van der Waals surface area contributed by atoms with E-state index >= 15 is 0 Å². The molecule has 0 atom stereocenters. The van der Waals surface area contributed by atoms with Crippen molar-refractivity contribution in [2.75, 3.05) is 12.8 Å². The molecule has 0 unspecified atom stereocenters. The SMILES string of the molecule is COC(=O)c1ncc(N)cc1OC(F)(F)F. The van der Waals surface area contributed by atoms with Gasteiger partial charge in [-0.25, -0.2) is 9.78 Å². The van der Waals surface area contributed by atoms with E-state index in [1.807, 2.05) is 0 Å². The number of nitrogens with zero attached hydrogens (tertiary/aromatic N) is 1. The molecule has 0 aliphatic rings. The van der Waals surface area contributed by atoms with Crippen LogP contribution in [0, 0.1) is 0 Å². The molecule has 0 spiro atoms. The van der Waals surface area contributed by atoms with Crippen LogP contribution in [-0.2, 0) is 4.74 Å². The maximum atomic E-state index is 12.0. The fourth-order valence-corrected chi connectivity index (χ4v) is 0.912. The Morgan fingerprint density at radius 3 is 2.62 bits per heavy atom. The predicted molar refractivity (Wildman–Crippen MR) is 46.7 cm³/mol. The molecule has 2 N–H and O–H groups in total. The van der Waals surface area contributed by atoms with Gasteiger partial charge in [-0.15, -0.1) is 13.2 Å². The van der Waals surface area contributed by atoms with Crippen molar-refractivity contribution < 1.29 is 27.4 Å². The van der Waals surface area contributed by atoms with Crippen LogP contribution >= 0.6 is 0 Å². The molecule has 1 heterocycles. The molecule has 0 bridgehead atoms. The molecule has 5 nitrogen and oxygen atoms in total. The third-order valence-corrected chi connectivity index (χ3v) is 1.48. The summed E-state index contributed by atoms with van der Waals surface area (Å²) in [6, 6.07) is 0.840. The van der Waals surface area contributed by atoms with Crippen LogP contribution in [-0.4, -0.2) is 24.4 Å². The molecule has 1 aromatic rings. The van der Waals surface area contributed by atoms with Crippen molar-refractivity contribution in [1.82, 2.24) is 4.98 Å². The van der Waals surface area contributed by atoms with Gasteiger partial charge in [-0.3, -0.25) is 0 Å². The largest absolute Gasteiger partial charge is 0.573 e. The molecule has 0 aromatic carbocycles. The van der Waals surface area contributed by atoms with Gasteiger partial charge in [-0.05, 0) is 0 Å². The van der Waals surface area contributed by atoms with E-state index in [4.69, 9.17) is 5.73 Å². The second kappa shape index (κ2) is 4.25. The number of carbonyl (C=O) groups excluding carboxylic acids is 1. The number of anilines is 1. The van der Waals surface area contributed by atoms with Gasteiger partial charge in [-0.2, -0.15) is 0 Å². The van der Waals surface area contributed by atoms with E-state index in [0.29, 0.717) is 0 Å². The van der Waals surface area contributed by atoms with Crippen LogP contribution in [0.15, 0.2) is 12.3 Å². The molecule has 0 fully saturated rings. The second-order valence-corrected chi connectivity index (χ2v) is 2.65. The number of hydrogen-bond acceptors (Lipinski definition) is 5. The highest BCUT2D eigenvalue weighted by molar-refractivity contribution is 5.90. The lowest BCUT2D eigenvalue weighted by Gasteiger charge is -2.11. The number of aromatic nitrogens is 1. The van der Waals surface area contributed by atoms with Crippen LogP contribution < -0.4 is 10.5 Å². The molecule has 88 valence electrons. The molecular formula is C8H7F3N2O3. The molecular weight excluding hydrogens is 229 g/mol. The number of pyridine rings is 1. The Balaban J connectivity index is 3.13. The van der Waals surface area contributed by atoms with E-state index in [-0.39, 0.29) is 5.69 Å². The molecule has 1 aromatic heterocycles. The fraction of sp³-hybridized carbons (Fsp3) is 0.250. The summed E-state index contributed by atoms with van der Waals surface area (Å²) in [7, 11) is 1.01. The van der Waals surface area contributed by atoms with Crippen molar-refractivity contribution in [2.24, 2.45) is 0 Å². The molecule has 0 aliphatic carbocycles. The number of ether oxygens (including phenoxy) is 2. The van der Waals surface area contributed by atoms with Gasteiger partial charge in [-0.1, -0.05) is 0 Å². The van der Waals surface area contributed by atoms with Gasteiger partial charge in [0.2, 0.25) is 0 Å². The van der Waals surface area contributed by atoms with Gasteiger partial charge in [0.25, 0.3) is 0 Å². The van der Waals surface area contributed by atoms with Crippen LogP contribution in [0.2, 0.25) is 0 Å². The average molecular weight is 236 g/mol. The Labute approximate surface area is 88.0 Å². The Morgan fingerprint density at radius 1 is 1.50 bits per heavy atom. The normalized spacial score (nSPS) is 11.0. The van der Waals surface area contributed by atoms with Gasteiger partial charge in [0, 0.05) is 6.07 Å².